The van der Waals surface area contributed by atoms with Gasteiger partial charge in [-0.25, -0.2) is 0 Å². The molecule has 0 spiro atoms. The number of methoxy groups -OCH3 is 1. The lowest BCUT2D eigenvalue weighted by Gasteiger charge is -2.25. The third kappa shape index (κ3) is 2.61. The van der Waals surface area contributed by atoms with E-state index in [1.807, 2.05) is 6.92 Å². The Morgan fingerprint density at radius 3 is 2.88 bits per heavy atom. The first-order valence-electron chi connectivity index (χ1n) is 6.14. The predicted molar refractivity (Wildman–Crippen MR) is 65.0 cm³/mol. The summed E-state index contributed by atoms with van der Waals surface area (Å²) in [7, 11) is 1.60. The summed E-state index contributed by atoms with van der Waals surface area (Å²) in [5.41, 5.74) is -0.212. The van der Waals surface area contributed by atoms with Crippen molar-refractivity contribution in [3.05, 3.63) is 11.9 Å². The lowest BCUT2D eigenvalue weighted by Crippen LogP contribution is -2.38. The molecule has 1 heterocycles. The third-order valence-corrected chi connectivity index (χ3v) is 3.15. The number of nitrogens with zero attached hydrogens (tertiary/aromatic N) is 2. The van der Waals surface area contributed by atoms with Gasteiger partial charge in [-0.1, -0.05) is 0 Å². The monoisotopic (exact) mass is 239 g/mol. The molecule has 0 aliphatic heterocycles. The molecule has 1 fully saturated rings. The predicted octanol–water partition coefficient (Wildman–Crippen LogP) is 0.871. The van der Waals surface area contributed by atoms with E-state index >= 15 is 0 Å². The fourth-order valence-electron chi connectivity index (χ4n) is 2.02. The normalized spacial score (nSPS) is 19.1. The van der Waals surface area contributed by atoms with Gasteiger partial charge in [-0.15, -0.1) is 0 Å². The minimum absolute atomic E-state index is 0.528. The van der Waals surface area contributed by atoms with Crippen LogP contribution >= 0.6 is 0 Å². The fourth-order valence-corrected chi connectivity index (χ4v) is 2.02. The molecule has 1 unspecified atom stereocenters. The summed E-state index contributed by atoms with van der Waals surface area (Å²) < 4.78 is 7.05. The quantitative estimate of drug-likeness (QED) is 0.773. The van der Waals surface area contributed by atoms with E-state index in [9.17, 15) is 5.11 Å². The Balaban J connectivity index is 2.18. The van der Waals surface area contributed by atoms with Crippen molar-refractivity contribution >= 4 is 0 Å². The minimum Gasteiger partial charge on any atom is -0.493 e. The van der Waals surface area contributed by atoms with Gasteiger partial charge in [-0.05, 0) is 26.7 Å². The van der Waals surface area contributed by atoms with E-state index in [4.69, 9.17) is 4.74 Å². The summed E-state index contributed by atoms with van der Waals surface area (Å²) >= 11 is 0. The highest BCUT2D eigenvalue weighted by molar-refractivity contribution is 5.30. The molecular weight excluding hydrogens is 218 g/mol. The Hall–Kier alpha value is -1.07. The number of hydrogen-bond acceptors (Lipinski definition) is 4. The summed E-state index contributed by atoms with van der Waals surface area (Å²) in [5, 5.41) is 18.1. The lowest BCUT2D eigenvalue weighted by atomic mass is 10.0. The molecule has 1 aromatic heterocycles. The van der Waals surface area contributed by atoms with Crippen LogP contribution in [0.1, 0.15) is 32.4 Å². The first-order chi connectivity index (χ1) is 8.08. The molecule has 17 heavy (non-hydrogen) atoms. The van der Waals surface area contributed by atoms with Gasteiger partial charge in [0.25, 0.3) is 0 Å². The molecule has 1 aliphatic rings. The largest absolute Gasteiger partial charge is 0.493 e. The minimum atomic E-state index is -0.958. The molecular formula is C12H21N3O2. The zero-order valence-corrected chi connectivity index (χ0v) is 10.7. The maximum absolute atomic E-state index is 10.6. The van der Waals surface area contributed by atoms with Crippen LogP contribution in [0.15, 0.2) is 6.20 Å². The van der Waals surface area contributed by atoms with Crippen molar-refractivity contribution in [2.75, 3.05) is 13.7 Å². The van der Waals surface area contributed by atoms with Crippen LogP contribution in [0.3, 0.4) is 0 Å². The van der Waals surface area contributed by atoms with Crippen molar-refractivity contribution in [3.8, 4) is 5.75 Å². The summed E-state index contributed by atoms with van der Waals surface area (Å²) in [6.07, 6.45) is 4.07. The van der Waals surface area contributed by atoms with Gasteiger partial charge in [0.1, 0.15) is 11.3 Å². The van der Waals surface area contributed by atoms with Crippen molar-refractivity contribution in [2.45, 2.75) is 44.9 Å². The average Bonchev–Trinajstić information content (AvgIpc) is 3.03. The lowest BCUT2D eigenvalue weighted by molar-refractivity contribution is 0.0446. The van der Waals surface area contributed by atoms with E-state index < -0.39 is 5.60 Å². The first-order valence-corrected chi connectivity index (χ1v) is 6.14. The van der Waals surface area contributed by atoms with Gasteiger partial charge in [0.05, 0.1) is 13.3 Å². The Bertz CT molecular complexity index is 362. The molecule has 1 atom stereocenters. The number of aromatic nitrogens is 2. The van der Waals surface area contributed by atoms with Gasteiger partial charge < -0.3 is 15.2 Å². The van der Waals surface area contributed by atoms with Gasteiger partial charge in [0.15, 0.2) is 5.75 Å². The van der Waals surface area contributed by atoms with Crippen LogP contribution in [0.4, 0.5) is 0 Å². The van der Waals surface area contributed by atoms with Crippen LogP contribution in [-0.2, 0) is 12.1 Å². The Kier molecular flexibility index (Phi) is 3.40. The molecule has 0 radical (unpaired) electrons. The van der Waals surface area contributed by atoms with Crippen LogP contribution in [0.2, 0.25) is 0 Å². The number of hydrogen-bond donors (Lipinski definition) is 2. The maximum Gasteiger partial charge on any atom is 0.162 e. The van der Waals surface area contributed by atoms with E-state index in [0.717, 1.165) is 12.2 Å². The topological polar surface area (TPSA) is 59.3 Å². The molecule has 1 aliphatic carbocycles. The fraction of sp³-hybridized carbons (Fsp3) is 0.750. The van der Waals surface area contributed by atoms with E-state index in [1.165, 1.54) is 12.8 Å². The molecule has 96 valence electrons. The zero-order valence-electron chi connectivity index (χ0n) is 10.7. The van der Waals surface area contributed by atoms with Crippen LogP contribution in [0.5, 0.6) is 5.75 Å². The molecule has 0 aromatic carbocycles. The molecule has 0 saturated heterocycles. The van der Waals surface area contributed by atoms with Gasteiger partial charge in [0, 0.05) is 19.1 Å². The number of rotatable bonds is 6. The van der Waals surface area contributed by atoms with E-state index in [0.29, 0.717) is 18.3 Å². The van der Waals surface area contributed by atoms with Gasteiger partial charge in [-0.3, -0.25) is 4.68 Å². The Labute approximate surface area is 102 Å². The third-order valence-electron chi connectivity index (χ3n) is 3.15. The molecule has 1 saturated carbocycles. The van der Waals surface area contributed by atoms with Crippen molar-refractivity contribution in [3.63, 3.8) is 0 Å². The summed E-state index contributed by atoms with van der Waals surface area (Å²) in [4.78, 5) is 0. The van der Waals surface area contributed by atoms with Crippen LogP contribution < -0.4 is 10.1 Å². The summed E-state index contributed by atoms with van der Waals surface area (Å²) in [6, 6.07) is 0.575. The van der Waals surface area contributed by atoms with Crippen molar-refractivity contribution in [1.29, 1.82) is 0 Å². The molecule has 2 rings (SSSR count). The second-order valence-electron chi connectivity index (χ2n) is 4.81. The van der Waals surface area contributed by atoms with Gasteiger partial charge >= 0.3 is 0 Å². The number of nitrogens with one attached hydrogen (secondary N) is 1. The molecule has 5 heteroatoms. The number of aryl methyl sites for hydroxylation is 1. The second kappa shape index (κ2) is 4.66. The first kappa shape index (κ1) is 12.4. The van der Waals surface area contributed by atoms with E-state index in [-0.39, 0.29) is 0 Å². The summed E-state index contributed by atoms with van der Waals surface area (Å²) in [5.74, 6) is 0.648. The molecule has 0 bridgehead atoms. The van der Waals surface area contributed by atoms with Crippen molar-refractivity contribution in [2.24, 2.45) is 0 Å². The van der Waals surface area contributed by atoms with Crippen LogP contribution in [-0.4, -0.2) is 34.6 Å². The second-order valence-corrected chi connectivity index (χ2v) is 4.81. The zero-order chi connectivity index (χ0) is 12.5. The standard InChI is InChI=1S/C12H21N3O2/c1-4-15-11(10(17-3)7-14-15)12(2,16)8-13-9-5-6-9/h7,9,13,16H,4-6,8H2,1-3H3. The highest BCUT2D eigenvalue weighted by Crippen LogP contribution is 2.30. The van der Waals surface area contributed by atoms with Crippen molar-refractivity contribution < 1.29 is 9.84 Å². The molecule has 0 amide bonds. The summed E-state index contributed by atoms with van der Waals surface area (Å²) in [6.45, 7) is 5.05. The van der Waals surface area contributed by atoms with Crippen molar-refractivity contribution in [1.82, 2.24) is 15.1 Å². The van der Waals surface area contributed by atoms with E-state index in [2.05, 4.69) is 10.4 Å². The highest BCUT2D eigenvalue weighted by atomic mass is 16.5. The Morgan fingerprint density at radius 2 is 2.35 bits per heavy atom. The Morgan fingerprint density at radius 1 is 1.65 bits per heavy atom. The molecule has 5 nitrogen and oxygen atoms in total. The molecule has 2 N–H and O–H groups in total. The van der Waals surface area contributed by atoms with Gasteiger partial charge in [0.2, 0.25) is 0 Å². The van der Waals surface area contributed by atoms with Gasteiger partial charge in [-0.2, -0.15) is 5.10 Å². The smallest absolute Gasteiger partial charge is 0.162 e. The number of aliphatic hydroxyl groups is 1. The van der Waals surface area contributed by atoms with E-state index in [1.54, 1.807) is 24.9 Å². The SMILES string of the molecule is CCn1ncc(OC)c1C(C)(O)CNC1CC1. The molecule has 1 aromatic rings. The maximum atomic E-state index is 10.6. The highest BCUT2D eigenvalue weighted by Gasteiger charge is 2.33. The number of ether oxygens (including phenoxy) is 1. The van der Waals surface area contributed by atoms with Crippen LogP contribution in [0, 0.1) is 0 Å². The van der Waals surface area contributed by atoms with Crippen LogP contribution in [0.25, 0.3) is 0 Å². The average molecular weight is 239 g/mol.